The van der Waals surface area contributed by atoms with Gasteiger partial charge in [0, 0.05) is 54.8 Å². The van der Waals surface area contributed by atoms with Gasteiger partial charge in [0.25, 0.3) is 0 Å². The monoisotopic (exact) mass is 605 g/mol. The molecule has 0 spiro atoms. The minimum Gasteiger partial charge on any atom is -0.508 e. The third-order valence-electron chi connectivity index (χ3n) is 9.12. The van der Waals surface area contributed by atoms with E-state index in [4.69, 9.17) is 26.1 Å². The smallest absolute Gasteiger partial charge is 0.319 e. The largest absolute Gasteiger partial charge is 0.508 e. The quantitative estimate of drug-likeness (QED) is 0.257. The second-order valence-electron chi connectivity index (χ2n) is 12.2. The predicted octanol–water partition coefficient (Wildman–Crippen LogP) is 5.77. The number of phenolic OH excluding ortho intramolecular Hbond substituents is 1. The summed E-state index contributed by atoms with van der Waals surface area (Å²) < 4.78 is 28.5. The van der Waals surface area contributed by atoms with Gasteiger partial charge in [0.15, 0.2) is 5.82 Å². The third-order valence-corrected chi connectivity index (χ3v) is 9.41. The molecule has 8 nitrogen and oxygen atoms in total. The first-order chi connectivity index (χ1) is 20.9. The highest BCUT2D eigenvalue weighted by Crippen LogP contribution is 2.42. The Balaban J connectivity index is 1.27. The molecule has 2 unspecified atom stereocenters. The van der Waals surface area contributed by atoms with Gasteiger partial charge in [0.1, 0.15) is 17.1 Å². The highest BCUT2D eigenvalue weighted by molar-refractivity contribution is 6.35. The Morgan fingerprint density at radius 1 is 1.05 bits per heavy atom. The van der Waals surface area contributed by atoms with E-state index in [2.05, 4.69) is 33.9 Å². The second-order valence-corrected chi connectivity index (χ2v) is 12.6. The lowest BCUT2D eigenvalue weighted by Gasteiger charge is -2.38. The number of anilines is 1. The van der Waals surface area contributed by atoms with Gasteiger partial charge in [-0.1, -0.05) is 35.9 Å². The number of benzene rings is 3. The van der Waals surface area contributed by atoms with Gasteiger partial charge in [-0.25, -0.2) is 4.39 Å². The summed E-state index contributed by atoms with van der Waals surface area (Å²) in [5, 5.41) is 16.5. The van der Waals surface area contributed by atoms with Gasteiger partial charge in [-0.3, -0.25) is 4.90 Å². The number of nitrogens with zero attached hydrogens (tertiary/aromatic N) is 4. The Labute approximate surface area is 255 Å². The molecular formula is C33H37ClFN5O3. The number of nitrogens with one attached hydrogen (secondary N) is 1. The number of ether oxygens (including phenoxy) is 2. The molecule has 2 N–H and O–H groups in total. The second kappa shape index (κ2) is 11.7. The van der Waals surface area contributed by atoms with E-state index in [-0.39, 0.29) is 27.9 Å². The Hall–Kier alpha value is -3.24. The van der Waals surface area contributed by atoms with Gasteiger partial charge < -0.3 is 24.8 Å². The van der Waals surface area contributed by atoms with Gasteiger partial charge in [-0.2, -0.15) is 9.97 Å². The molecule has 43 heavy (non-hydrogen) atoms. The lowest BCUT2D eigenvalue weighted by atomic mass is 9.96. The summed E-state index contributed by atoms with van der Waals surface area (Å²) >= 11 is 6.86. The lowest BCUT2D eigenvalue weighted by molar-refractivity contribution is -0.0380. The van der Waals surface area contributed by atoms with Gasteiger partial charge in [0.2, 0.25) is 0 Å². The van der Waals surface area contributed by atoms with Gasteiger partial charge in [-0.15, -0.1) is 0 Å². The van der Waals surface area contributed by atoms with Crippen molar-refractivity contribution in [1.82, 2.24) is 20.2 Å². The Morgan fingerprint density at radius 2 is 1.79 bits per heavy atom. The third kappa shape index (κ3) is 5.48. The number of aromatic hydroxyl groups is 1. The molecule has 7 rings (SSSR count). The van der Waals surface area contributed by atoms with Crippen LogP contribution in [0.1, 0.15) is 33.1 Å². The van der Waals surface area contributed by atoms with Crippen LogP contribution in [-0.2, 0) is 4.74 Å². The number of hydrogen-bond acceptors (Lipinski definition) is 8. The Morgan fingerprint density at radius 3 is 2.56 bits per heavy atom. The van der Waals surface area contributed by atoms with E-state index in [0.29, 0.717) is 47.5 Å². The van der Waals surface area contributed by atoms with Crippen LogP contribution in [0.5, 0.6) is 11.8 Å². The first kappa shape index (κ1) is 28.5. The molecule has 4 atom stereocenters. The maximum Gasteiger partial charge on any atom is 0.319 e. The van der Waals surface area contributed by atoms with Crippen LogP contribution in [0.15, 0.2) is 42.5 Å². The summed E-state index contributed by atoms with van der Waals surface area (Å²) in [5.41, 5.74) is 0.872. The molecule has 3 fully saturated rings. The van der Waals surface area contributed by atoms with Gasteiger partial charge in [0.05, 0.1) is 24.8 Å². The Kier molecular flexibility index (Phi) is 7.75. The van der Waals surface area contributed by atoms with Crippen LogP contribution < -0.4 is 15.0 Å². The maximum atomic E-state index is 16.7. The van der Waals surface area contributed by atoms with Crippen molar-refractivity contribution in [3.8, 4) is 22.9 Å². The van der Waals surface area contributed by atoms with Crippen LogP contribution >= 0.6 is 11.6 Å². The minimum absolute atomic E-state index is 0.0388. The van der Waals surface area contributed by atoms with E-state index < -0.39 is 5.82 Å². The number of fused-ring (bicyclic) bond motifs is 4. The first-order valence-electron chi connectivity index (χ1n) is 15.2. The van der Waals surface area contributed by atoms with Crippen molar-refractivity contribution in [1.29, 1.82) is 0 Å². The van der Waals surface area contributed by atoms with E-state index in [1.165, 1.54) is 0 Å². The molecule has 3 saturated heterocycles. The van der Waals surface area contributed by atoms with Crippen LogP contribution in [0.4, 0.5) is 10.2 Å². The molecule has 226 valence electrons. The number of halogens is 2. The number of hydrogen-bond donors (Lipinski definition) is 2. The van der Waals surface area contributed by atoms with Crippen LogP contribution in [0.2, 0.25) is 5.02 Å². The van der Waals surface area contributed by atoms with Crippen molar-refractivity contribution in [3.63, 3.8) is 0 Å². The molecule has 0 saturated carbocycles. The summed E-state index contributed by atoms with van der Waals surface area (Å²) in [5.74, 6) is 0.125. The van der Waals surface area contributed by atoms with Crippen molar-refractivity contribution in [2.24, 2.45) is 0 Å². The molecule has 4 aromatic rings. The molecule has 3 aliphatic rings. The zero-order chi connectivity index (χ0) is 29.7. The zero-order valence-electron chi connectivity index (χ0n) is 24.5. The van der Waals surface area contributed by atoms with Crippen molar-refractivity contribution in [2.75, 3.05) is 44.4 Å². The van der Waals surface area contributed by atoms with Crippen molar-refractivity contribution < 1.29 is 19.0 Å². The van der Waals surface area contributed by atoms with Crippen LogP contribution in [0, 0.1) is 5.82 Å². The van der Waals surface area contributed by atoms with Crippen LogP contribution in [0.3, 0.4) is 0 Å². The molecular weight excluding hydrogens is 569 g/mol. The van der Waals surface area contributed by atoms with E-state index in [1.807, 2.05) is 24.3 Å². The highest BCUT2D eigenvalue weighted by atomic mass is 35.5. The fourth-order valence-corrected chi connectivity index (χ4v) is 7.36. The minimum atomic E-state index is -0.555. The van der Waals surface area contributed by atoms with Crippen molar-refractivity contribution >= 4 is 39.1 Å². The van der Waals surface area contributed by atoms with Crippen molar-refractivity contribution in [2.45, 2.75) is 57.3 Å². The highest BCUT2D eigenvalue weighted by Gasteiger charge is 2.34. The topological polar surface area (TPSA) is 83.0 Å². The molecule has 10 heteroatoms. The van der Waals surface area contributed by atoms with Crippen LogP contribution in [0.25, 0.3) is 32.8 Å². The molecule has 0 radical (unpaired) electrons. The fourth-order valence-electron chi connectivity index (χ4n) is 7.07. The standard InChI is InChI=1S/C33H37ClFN5O3/c1-19-17-42-18-20(2)40(19)10-5-11-43-33-37-31-27(32(38-33)39-15-22-8-9-23(16-39)36-22)14-28(34)29(30(31)35)26-13-24(41)12-21-6-3-4-7-25(21)26/h3-4,6-7,12-14,19-20,22-23,36,41H,5,8-11,15-18H2,1-2H3/t19-,20-,22?,23?/m1/s1. The summed E-state index contributed by atoms with van der Waals surface area (Å²) in [7, 11) is 0. The number of piperazine rings is 1. The van der Waals surface area contributed by atoms with E-state index >= 15 is 4.39 Å². The first-order valence-corrected chi connectivity index (χ1v) is 15.6. The summed E-state index contributed by atoms with van der Waals surface area (Å²) in [4.78, 5) is 14.1. The normalized spacial score (nSPS) is 24.2. The maximum absolute atomic E-state index is 16.7. The molecule has 3 aliphatic heterocycles. The summed E-state index contributed by atoms with van der Waals surface area (Å²) in [6.07, 6.45) is 3.00. The predicted molar refractivity (Wildman–Crippen MR) is 168 cm³/mol. The molecule has 0 amide bonds. The van der Waals surface area contributed by atoms with E-state index in [1.54, 1.807) is 18.2 Å². The van der Waals surface area contributed by atoms with Gasteiger partial charge >= 0.3 is 6.01 Å². The zero-order valence-corrected chi connectivity index (χ0v) is 25.3. The van der Waals surface area contributed by atoms with E-state index in [9.17, 15) is 5.11 Å². The number of aromatic nitrogens is 2. The Bertz CT molecular complexity index is 1650. The molecule has 0 aliphatic carbocycles. The average molecular weight is 606 g/mol. The van der Waals surface area contributed by atoms with Crippen molar-refractivity contribution in [3.05, 3.63) is 53.3 Å². The van der Waals surface area contributed by atoms with E-state index in [0.717, 1.165) is 62.9 Å². The average Bonchev–Trinajstić information content (AvgIpc) is 3.33. The fraction of sp³-hybridized carbons (Fsp3) is 0.455. The molecule has 1 aromatic heterocycles. The number of phenols is 1. The van der Waals surface area contributed by atoms with Gasteiger partial charge in [-0.05, 0) is 67.6 Å². The number of rotatable bonds is 7. The van der Waals surface area contributed by atoms with Crippen LogP contribution in [-0.4, -0.2) is 83.6 Å². The summed E-state index contributed by atoms with van der Waals surface area (Å²) in [6.45, 7) is 8.63. The molecule has 2 bridgehead atoms. The number of morpholine rings is 1. The lowest BCUT2D eigenvalue weighted by Crippen LogP contribution is -2.51. The molecule has 4 heterocycles. The SMILES string of the molecule is C[C@@H]1COC[C@@H](C)N1CCCOc1nc(N2CC3CCC(C2)N3)c2cc(Cl)c(-c3cc(O)cc4ccccc34)c(F)c2n1. The summed E-state index contributed by atoms with van der Waals surface area (Å²) in [6, 6.07) is 14.1. The molecule has 3 aromatic carbocycles.